The zero-order valence-electron chi connectivity index (χ0n) is 16.6. The number of anilines is 1. The van der Waals surface area contributed by atoms with Crippen LogP contribution >= 0.6 is 0 Å². The monoisotopic (exact) mass is 388 g/mol. The molecule has 0 unspecified atom stereocenters. The van der Waals surface area contributed by atoms with E-state index in [1.165, 1.54) is 16.8 Å². The molecular formula is C22H24N6O. The highest BCUT2D eigenvalue weighted by Crippen LogP contribution is 2.37. The van der Waals surface area contributed by atoms with Crippen LogP contribution in [0.3, 0.4) is 0 Å². The largest absolute Gasteiger partial charge is 0.367 e. The van der Waals surface area contributed by atoms with Crippen molar-refractivity contribution in [2.45, 2.75) is 19.3 Å². The molecule has 2 aliphatic carbocycles. The number of carbonyl (C=O) groups excluding carboxylic acids is 1. The fourth-order valence-corrected chi connectivity index (χ4v) is 4.61. The molecule has 2 fully saturated rings. The second-order valence-electron chi connectivity index (χ2n) is 8.25. The second kappa shape index (κ2) is 7.03. The Labute approximate surface area is 170 Å². The summed E-state index contributed by atoms with van der Waals surface area (Å²) in [5, 5.41) is 13.2. The van der Waals surface area contributed by atoms with E-state index in [2.05, 4.69) is 33.2 Å². The fourth-order valence-electron chi connectivity index (χ4n) is 4.61. The smallest absolute Gasteiger partial charge is 0.225 e. The van der Waals surface area contributed by atoms with Crippen molar-refractivity contribution >= 4 is 23.2 Å². The van der Waals surface area contributed by atoms with Gasteiger partial charge in [0.2, 0.25) is 5.91 Å². The van der Waals surface area contributed by atoms with Gasteiger partial charge in [0, 0.05) is 80.7 Å². The molecule has 2 aromatic heterocycles. The summed E-state index contributed by atoms with van der Waals surface area (Å²) in [5.41, 5.74) is 5.90. The van der Waals surface area contributed by atoms with E-state index < -0.39 is 0 Å². The SMILES string of the molecule is Cn1cc(C2=Cc3c(N4CCN(C(=O)C5CC(C#N)C5)CC4)ccnc3C2)cn1. The lowest BCUT2D eigenvalue weighted by molar-refractivity contribution is -0.139. The number of aromatic nitrogens is 3. The maximum atomic E-state index is 12.6. The number of hydrogen-bond donors (Lipinski definition) is 0. The summed E-state index contributed by atoms with van der Waals surface area (Å²) in [6.45, 7) is 3.13. The maximum absolute atomic E-state index is 12.6. The Hall–Kier alpha value is -3.14. The van der Waals surface area contributed by atoms with E-state index >= 15 is 0 Å². The van der Waals surface area contributed by atoms with Crippen LogP contribution in [0.15, 0.2) is 24.7 Å². The van der Waals surface area contributed by atoms with Crippen molar-refractivity contribution in [3.8, 4) is 6.07 Å². The van der Waals surface area contributed by atoms with Crippen molar-refractivity contribution in [1.82, 2.24) is 19.7 Å². The van der Waals surface area contributed by atoms with E-state index in [-0.39, 0.29) is 17.7 Å². The Bertz CT molecular complexity index is 1020. The molecule has 0 bridgehead atoms. The van der Waals surface area contributed by atoms with Crippen molar-refractivity contribution < 1.29 is 4.79 Å². The lowest BCUT2D eigenvalue weighted by Gasteiger charge is -2.40. The standard InChI is InChI=1S/C22H24N6O/c1-26-14-18(13-25-26)16-10-19-20(11-16)24-3-2-21(19)27-4-6-28(7-5-27)22(29)17-8-15(9-17)12-23/h2-3,10,13-15,17H,4-9,11H2,1H3. The van der Waals surface area contributed by atoms with Gasteiger partial charge in [0.1, 0.15) is 0 Å². The highest BCUT2D eigenvalue weighted by Gasteiger charge is 2.37. The van der Waals surface area contributed by atoms with Gasteiger partial charge in [-0.05, 0) is 30.6 Å². The number of amides is 1. The predicted octanol–water partition coefficient (Wildman–Crippen LogP) is 2.11. The van der Waals surface area contributed by atoms with Crippen LogP contribution in [-0.2, 0) is 18.3 Å². The van der Waals surface area contributed by atoms with Crippen LogP contribution in [0, 0.1) is 23.2 Å². The molecule has 0 aromatic carbocycles. The minimum atomic E-state index is 0.0568. The molecule has 7 nitrogen and oxygen atoms in total. The van der Waals surface area contributed by atoms with E-state index in [4.69, 9.17) is 5.26 Å². The molecule has 1 saturated carbocycles. The number of nitriles is 1. The number of hydrogen-bond acceptors (Lipinski definition) is 5. The third kappa shape index (κ3) is 3.19. The zero-order chi connectivity index (χ0) is 20.0. The van der Waals surface area contributed by atoms with Gasteiger partial charge >= 0.3 is 0 Å². The number of allylic oxidation sites excluding steroid dienone is 1. The van der Waals surface area contributed by atoms with Crippen LogP contribution in [0.25, 0.3) is 11.6 Å². The predicted molar refractivity (Wildman–Crippen MR) is 110 cm³/mol. The Balaban J connectivity index is 1.28. The zero-order valence-corrected chi connectivity index (χ0v) is 16.6. The first-order valence-electron chi connectivity index (χ1n) is 10.2. The molecule has 5 rings (SSSR count). The summed E-state index contributed by atoms with van der Waals surface area (Å²) in [6, 6.07) is 4.35. The van der Waals surface area contributed by atoms with Crippen LogP contribution in [0.2, 0.25) is 0 Å². The van der Waals surface area contributed by atoms with Crippen molar-refractivity contribution in [3.63, 3.8) is 0 Å². The summed E-state index contributed by atoms with van der Waals surface area (Å²) in [4.78, 5) is 21.6. The van der Waals surface area contributed by atoms with Crippen molar-refractivity contribution in [1.29, 1.82) is 5.26 Å². The lowest BCUT2D eigenvalue weighted by Crippen LogP contribution is -2.52. The van der Waals surface area contributed by atoms with Gasteiger partial charge in [0.15, 0.2) is 0 Å². The molecule has 0 atom stereocenters. The third-order valence-corrected chi connectivity index (χ3v) is 6.40. The van der Waals surface area contributed by atoms with Gasteiger partial charge < -0.3 is 9.80 Å². The molecule has 3 heterocycles. The van der Waals surface area contributed by atoms with E-state index in [9.17, 15) is 4.79 Å². The summed E-state index contributed by atoms with van der Waals surface area (Å²) < 4.78 is 1.82. The Morgan fingerprint density at radius 3 is 2.72 bits per heavy atom. The van der Waals surface area contributed by atoms with Gasteiger partial charge in [-0.2, -0.15) is 10.4 Å². The fraction of sp³-hybridized carbons (Fsp3) is 0.455. The normalized spacial score (nSPS) is 23.2. The maximum Gasteiger partial charge on any atom is 0.225 e. The molecule has 0 radical (unpaired) electrons. The Morgan fingerprint density at radius 1 is 1.24 bits per heavy atom. The number of carbonyl (C=O) groups is 1. The van der Waals surface area contributed by atoms with Crippen molar-refractivity contribution in [3.05, 3.63) is 41.5 Å². The van der Waals surface area contributed by atoms with Crippen molar-refractivity contribution in [2.24, 2.45) is 18.9 Å². The molecule has 2 aromatic rings. The van der Waals surface area contributed by atoms with Crippen molar-refractivity contribution in [2.75, 3.05) is 31.1 Å². The van der Waals surface area contributed by atoms with Gasteiger partial charge in [-0.25, -0.2) is 0 Å². The first-order chi connectivity index (χ1) is 14.1. The number of fused-ring (bicyclic) bond motifs is 1. The number of piperazine rings is 1. The molecule has 29 heavy (non-hydrogen) atoms. The summed E-state index contributed by atoms with van der Waals surface area (Å²) in [5.74, 6) is 0.363. The van der Waals surface area contributed by atoms with Crippen LogP contribution in [0.4, 0.5) is 5.69 Å². The molecule has 0 N–H and O–H groups in total. The van der Waals surface area contributed by atoms with E-state index in [0.717, 1.165) is 56.7 Å². The Morgan fingerprint density at radius 2 is 2.03 bits per heavy atom. The minimum absolute atomic E-state index is 0.0568. The highest BCUT2D eigenvalue weighted by molar-refractivity contribution is 5.91. The number of nitrogens with zero attached hydrogens (tertiary/aromatic N) is 6. The van der Waals surface area contributed by atoms with E-state index in [0.29, 0.717) is 0 Å². The Kier molecular flexibility index (Phi) is 4.35. The molecule has 3 aliphatic rings. The summed E-state index contributed by atoms with van der Waals surface area (Å²) in [7, 11) is 1.93. The first-order valence-corrected chi connectivity index (χ1v) is 10.2. The number of pyridine rings is 1. The second-order valence-corrected chi connectivity index (χ2v) is 8.25. The van der Waals surface area contributed by atoms with Crippen LogP contribution in [-0.4, -0.2) is 51.8 Å². The molecule has 1 amide bonds. The van der Waals surface area contributed by atoms with Gasteiger partial charge in [0.25, 0.3) is 0 Å². The third-order valence-electron chi connectivity index (χ3n) is 6.40. The summed E-state index contributed by atoms with van der Waals surface area (Å²) >= 11 is 0. The molecule has 148 valence electrons. The number of aryl methyl sites for hydroxylation is 1. The average Bonchev–Trinajstić information content (AvgIpc) is 3.33. The van der Waals surface area contributed by atoms with Gasteiger partial charge in [-0.3, -0.25) is 14.5 Å². The van der Waals surface area contributed by atoms with Crippen LogP contribution in [0.1, 0.15) is 29.7 Å². The minimum Gasteiger partial charge on any atom is -0.367 e. The average molecular weight is 388 g/mol. The topological polar surface area (TPSA) is 78.0 Å². The van der Waals surface area contributed by atoms with E-state index in [1.807, 2.05) is 35.2 Å². The first kappa shape index (κ1) is 17.9. The lowest BCUT2D eigenvalue weighted by atomic mass is 9.75. The quantitative estimate of drug-likeness (QED) is 0.805. The van der Waals surface area contributed by atoms with Gasteiger partial charge in [-0.15, -0.1) is 0 Å². The van der Waals surface area contributed by atoms with Crippen LogP contribution < -0.4 is 4.90 Å². The molecular weight excluding hydrogens is 364 g/mol. The van der Waals surface area contributed by atoms with E-state index in [1.54, 1.807) is 0 Å². The molecule has 0 spiro atoms. The molecule has 1 aliphatic heterocycles. The van der Waals surface area contributed by atoms with Gasteiger partial charge in [-0.1, -0.05) is 0 Å². The number of rotatable bonds is 3. The van der Waals surface area contributed by atoms with Gasteiger partial charge in [0.05, 0.1) is 18.0 Å². The van der Waals surface area contributed by atoms with Crippen LogP contribution in [0.5, 0.6) is 0 Å². The summed E-state index contributed by atoms with van der Waals surface area (Å²) in [6.07, 6.45) is 10.4. The molecule has 7 heteroatoms. The molecule has 1 saturated heterocycles. The highest BCUT2D eigenvalue weighted by atomic mass is 16.2.